The van der Waals surface area contributed by atoms with Crippen molar-refractivity contribution in [2.75, 3.05) is 6.26 Å². The Labute approximate surface area is 772 Å². The number of ether oxygens (including phenoxy) is 6. The van der Waals surface area contributed by atoms with Gasteiger partial charge in [-0.05, 0) is 237 Å². The van der Waals surface area contributed by atoms with Crippen LogP contribution in [0.15, 0.2) is 21.4 Å². The van der Waals surface area contributed by atoms with Crippen molar-refractivity contribution in [1.82, 2.24) is 36.9 Å². The molecule has 0 aromatic carbocycles. The molecule has 1 aromatic rings. The molecule has 0 saturated heterocycles. The Kier molecular flexibility index (Phi) is 47.0. The molecule has 0 radical (unpaired) electrons. The van der Waals surface area contributed by atoms with Gasteiger partial charge in [-0.2, -0.15) is 13.7 Å². The molecule has 7 saturated carbocycles. The predicted molar refractivity (Wildman–Crippen MR) is 458 cm³/mol. The summed E-state index contributed by atoms with van der Waals surface area (Å²) in [6.07, 6.45) is -5.53. The third kappa shape index (κ3) is 47.2. The molecule has 0 unspecified atom stereocenters. The van der Waals surface area contributed by atoms with Crippen LogP contribution in [0.3, 0.4) is 0 Å². The van der Waals surface area contributed by atoms with Crippen molar-refractivity contribution < 1.29 is 141 Å². The van der Waals surface area contributed by atoms with Crippen LogP contribution >= 0.6 is 23.2 Å². The van der Waals surface area contributed by atoms with Crippen molar-refractivity contribution in [2.45, 2.75) is 419 Å². The van der Waals surface area contributed by atoms with Crippen LogP contribution in [0.1, 0.15) is 265 Å². The second kappa shape index (κ2) is 51.0. The first-order valence-corrected chi connectivity index (χ1v) is 44.8. The highest BCUT2D eigenvalue weighted by atomic mass is 35.5. The van der Waals surface area contributed by atoms with Gasteiger partial charge < -0.3 is 82.6 Å². The summed E-state index contributed by atoms with van der Waals surface area (Å²) >= 11 is 10.7. The summed E-state index contributed by atoms with van der Waals surface area (Å²) in [6.45, 7) is 30.0. The van der Waals surface area contributed by atoms with E-state index in [4.69, 9.17) is 90.7 Å². The number of alkyl carbamates (subject to hydrolysis) is 6. The number of nitrogens with two attached hydrogens (primary N) is 3. The van der Waals surface area contributed by atoms with E-state index in [-0.39, 0.29) is 92.9 Å². The molecule has 8 rings (SSSR count). The van der Waals surface area contributed by atoms with E-state index >= 15 is 0 Å². The Morgan fingerprint density at radius 1 is 0.444 bits per heavy atom. The molecule has 764 valence electrons. The number of hydrogen-bond acceptors (Lipinski definition) is 24. The first-order chi connectivity index (χ1) is 60.2. The molecular formula is C79H127Cl2F15N20O16S. The third-order valence-electron chi connectivity index (χ3n) is 19.1. The first kappa shape index (κ1) is 122. The number of carbonyl (C=O) groups excluding carboxylic acids is 6. The number of rotatable bonds is 11. The fourth-order valence-corrected chi connectivity index (χ4v) is 14.4. The molecule has 133 heavy (non-hydrogen) atoms. The quantitative estimate of drug-likeness (QED) is 0.0187. The zero-order valence-corrected chi connectivity index (χ0v) is 79.9. The van der Waals surface area contributed by atoms with Crippen LogP contribution in [0.25, 0.3) is 31.3 Å². The van der Waals surface area contributed by atoms with E-state index in [0.29, 0.717) is 57.6 Å². The molecule has 36 nitrogen and oxygen atoms in total. The fraction of sp³-hybridized carbons (Fsp3) is 0.848. The van der Waals surface area contributed by atoms with Gasteiger partial charge in [0.2, 0.25) is 0 Å². The monoisotopic (exact) mass is 2000 g/mol. The fourth-order valence-electron chi connectivity index (χ4n) is 13.4. The van der Waals surface area contributed by atoms with E-state index in [2.05, 4.69) is 71.1 Å². The van der Waals surface area contributed by atoms with Gasteiger partial charge in [-0.15, -0.1) is 0 Å². The van der Waals surface area contributed by atoms with Crippen molar-refractivity contribution in [1.29, 1.82) is 5.26 Å². The van der Waals surface area contributed by atoms with E-state index in [9.17, 15) is 108 Å². The Balaban J connectivity index is 0.000000766. The summed E-state index contributed by atoms with van der Waals surface area (Å²) in [5.74, 6) is -22.2. The third-order valence-corrected chi connectivity index (χ3v) is 20.2. The Morgan fingerprint density at radius 3 is 1.09 bits per heavy atom. The number of aromatic nitrogens is 1. The van der Waals surface area contributed by atoms with Gasteiger partial charge in [-0.1, -0.05) is 38.5 Å². The molecule has 54 heteroatoms. The van der Waals surface area contributed by atoms with E-state index in [1.54, 1.807) is 131 Å². The van der Waals surface area contributed by atoms with E-state index in [1.807, 2.05) is 0 Å². The SMILES string of the molecule is CC(C)(C)OC(=O)N[C@@H]1CCCC(F)(F)[C@@H]1N.CC(C)(C)OC(=O)N[C@@H]1CCCC(F)(F)[C@@H]1N=[N+]=[N-].CC(C)(C)OC(=O)N[C@@H]1CCCC(F)(F)[C@@H]1N=[N+]=[N-].CC(C)(C)OC(=O)N[C@@H]1CCCC(F)(F)[C@H]1O.CC(C)(C)OC(=O)N[C@@H]1CCCC(F)(F)[C@H]1OS(C)(=O)=O.CC(C)(C)OC(=O)N[C@@H]1[C@@H](N=[N+]=[N-])CCCC1(F)F.N#Cc1cc(F)c(Cl)nc1Cl.N[C@@H]1CCCC(F)(F)[C@@H]1N. The van der Waals surface area contributed by atoms with Crippen molar-refractivity contribution in [3.63, 3.8) is 0 Å². The summed E-state index contributed by atoms with van der Waals surface area (Å²) in [6, 6.07) is -10.6. The topological polar surface area (TPSA) is 555 Å². The number of aliphatic hydroxyl groups is 1. The summed E-state index contributed by atoms with van der Waals surface area (Å²) in [4.78, 5) is 80.0. The lowest BCUT2D eigenvalue weighted by atomic mass is 9.87. The maximum atomic E-state index is 13.9. The minimum absolute atomic E-state index is 0.0198. The van der Waals surface area contributed by atoms with E-state index in [1.165, 1.54) is 0 Å². The average Bonchev–Trinajstić information content (AvgIpc) is 0.812. The van der Waals surface area contributed by atoms with Crippen molar-refractivity contribution >= 4 is 69.9 Å². The highest BCUT2D eigenvalue weighted by Crippen LogP contribution is 2.42. The highest BCUT2D eigenvalue weighted by molar-refractivity contribution is 7.86. The molecule has 14 atom stereocenters. The van der Waals surface area contributed by atoms with Crippen LogP contribution in [0.5, 0.6) is 0 Å². The molecular weight excluding hydrogens is 1870 g/mol. The van der Waals surface area contributed by atoms with Gasteiger partial charge in [0.1, 0.15) is 69.1 Å². The van der Waals surface area contributed by atoms with Gasteiger partial charge in [0.15, 0.2) is 17.1 Å². The number of nitriles is 1. The highest BCUT2D eigenvalue weighted by Gasteiger charge is 2.54. The second-order valence-corrected chi connectivity index (χ2v) is 40.4. The molecule has 1 heterocycles. The molecule has 6 amide bonds. The normalized spacial score (nSPS) is 26.4. The summed E-state index contributed by atoms with van der Waals surface area (Å²) < 4.78 is 257. The van der Waals surface area contributed by atoms with Crippen molar-refractivity contribution in [2.24, 2.45) is 32.5 Å². The van der Waals surface area contributed by atoms with Crippen LogP contribution in [0.2, 0.25) is 10.3 Å². The largest absolute Gasteiger partial charge is 0.444 e. The predicted octanol–water partition coefficient (Wildman–Crippen LogP) is 19.1. The van der Waals surface area contributed by atoms with Gasteiger partial charge in [0, 0.05) is 77.8 Å². The number of aliphatic hydroxyl groups excluding tert-OH is 1. The van der Waals surface area contributed by atoms with Crippen LogP contribution in [-0.4, -0.2) is 221 Å². The van der Waals surface area contributed by atoms with Crippen LogP contribution in [-0.2, 0) is 42.7 Å². The van der Waals surface area contributed by atoms with Crippen LogP contribution in [0.4, 0.5) is 94.6 Å². The number of nitrogens with one attached hydrogen (secondary N) is 6. The molecule has 7 aliphatic carbocycles. The summed E-state index contributed by atoms with van der Waals surface area (Å²) in [7, 11) is -4.07. The van der Waals surface area contributed by atoms with Crippen molar-refractivity contribution in [3.8, 4) is 6.07 Å². The smallest absolute Gasteiger partial charge is 0.408 e. The Hall–Kier alpha value is -8.53. The maximum Gasteiger partial charge on any atom is 0.408 e. The maximum absolute atomic E-state index is 13.9. The lowest BCUT2D eigenvalue weighted by Gasteiger charge is -2.37. The molecule has 7 fully saturated rings. The van der Waals surface area contributed by atoms with E-state index in [0.717, 1.165) is 6.07 Å². The minimum atomic E-state index is -4.07. The number of carbonyl (C=O) groups is 6. The van der Waals surface area contributed by atoms with Gasteiger partial charge in [-0.25, -0.2) is 99.6 Å². The van der Waals surface area contributed by atoms with Crippen LogP contribution < -0.4 is 49.1 Å². The zero-order valence-electron chi connectivity index (χ0n) is 77.6. The van der Waals surface area contributed by atoms with Gasteiger partial charge >= 0.3 is 36.6 Å². The number of nitrogens with zero attached hydrogens (tertiary/aromatic N) is 11. The van der Waals surface area contributed by atoms with Crippen LogP contribution in [0, 0.1) is 17.1 Å². The summed E-state index contributed by atoms with van der Waals surface area (Å²) in [5.41, 5.74) is 36.8. The van der Waals surface area contributed by atoms with Gasteiger partial charge in [0.25, 0.3) is 51.6 Å². The number of hydrogen-bond donors (Lipinski definition) is 10. The molecule has 13 N–H and O–H groups in total. The molecule has 0 bridgehead atoms. The number of halogens is 17. The standard InChI is InChI=1S/C12H21F2NO5S.3C11H18F2N4O2.C11H20F2N2O2.C11H19F2NO3.C6HCl2FN2.C6H12F2N2/c1-11(2,3)19-10(16)15-8-6-5-7-12(13,14)9(8)20-21(4,17)18;1-10(2,3)19-9(18)15-8-7(16-17-14)5-4-6-11(8,12)13;2*1-10(2,3)19-9(18)15-7-5-4-6-11(12,13)8(7)16-17-14;1-10(2,3)17-9(16)15-7-5-4-6-11(12,13)8(7)14;1-10(2,3)17-9(16)14-7-5-4-6-11(12,13)8(7)15;7-5-3(2-10)1-4(9)6(8)11-5;7-6(8)3-1-2-4(9)5(6)10/h8-9H,5-7H2,1-4H3,(H,15,16);3*7-8H,4-6H2,1-3H3,(H,15,18);7-8H,4-6,14H2,1-3H3,(H,15,16);7-8,15H,4-6H2,1-3H3,(H,14,16);1H;4-5H,1-3,9-10H2/t8-,9+;7-,8+;3*7-,8-;7-,8+;;4-,5-/m101111.1/s1. The van der Waals surface area contributed by atoms with Gasteiger partial charge in [-0.3, -0.25) is 4.18 Å². The number of alkyl halides is 14. The molecule has 1 aromatic heterocycles. The zero-order chi connectivity index (χ0) is 103. The van der Waals surface area contributed by atoms with Gasteiger partial charge in [0.05, 0.1) is 48.1 Å². The number of pyridine rings is 1. The number of amides is 6. The Morgan fingerprint density at radius 2 is 0.737 bits per heavy atom. The second-order valence-electron chi connectivity index (χ2n) is 38.1. The molecule has 0 spiro atoms. The lowest BCUT2D eigenvalue weighted by molar-refractivity contribution is -0.142. The van der Waals surface area contributed by atoms with E-state index < -0.39 is 219 Å². The van der Waals surface area contributed by atoms with Crippen molar-refractivity contribution in [3.05, 3.63) is 59.1 Å². The lowest BCUT2D eigenvalue weighted by Crippen LogP contribution is -2.59. The average molecular weight is 2000 g/mol. The first-order valence-electron chi connectivity index (χ1n) is 42.2. The molecule has 0 aliphatic heterocycles. The minimum Gasteiger partial charge on any atom is -0.444 e. The Bertz CT molecular complexity index is 4130. The summed E-state index contributed by atoms with van der Waals surface area (Å²) in [5, 5.41) is 40.8. The molecule has 7 aliphatic rings. The number of azide groups is 3.